The summed E-state index contributed by atoms with van der Waals surface area (Å²) in [7, 11) is 1.56. The van der Waals surface area contributed by atoms with Crippen molar-refractivity contribution in [3.63, 3.8) is 0 Å². The molecule has 21 heavy (non-hydrogen) atoms. The van der Waals surface area contributed by atoms with Crippen LogP contribution in [0.5, 0.6) is 0 Å². The van der Waals surface area contributed by atoms with Gasteiger partial charge in [0.25, 0.3) is 0 Å². The second-order valence-corrected chi connectivity index (χ2v) is 6.40. The molecule has 0 radical (unpaired) electrons. The molecule has 1 saturated heterocycles. The zero-order valence-corrected chi connectivity index (χ0v) is 14.3. The molecule has 2 N–H and O–H groups in total. The lowest BCUT2D eigenvalue weighted by Gasteiger charge is -2.26. The fraction of sp³-hybridized carbons (Fsp3) is 0.385. The Kier molecular flexibility index (Phi) is 5.23. The van der Waals surface area contributed by atoms with E-state index in [2.05, 4.69) is 37.2 Å². The maximum atomic E-state index is 12.3. The zero-order valence-electron chi connectivity index (χ0n) is 11.2. The number of carbonyl (C=O) groups excluding carboxylic acids is 1. The Balaban J connectivity index is 2.11. The largest absolute Gasteiger partial charge is 0.481 e. The van der Waals surface area contributed by atoms with Gasteiger partial charge in [-0.25, -0.2) is 4.79 Å². The SMILES string of the molecule is CN(C(=O)Nc1c(Br)cccc1Br)C1COCC1C(=O)O. The van der Waals surface area contributed by atoms with E-state index in [1.807, 2.05) is 6.07 Å². The Morgan fingerprint density at radius 3 is 2.52 bits per heavy atom. The van der Waals surface area contributed by atoms with Crippen molar-refractivity contribution in [2.45, 2.75) is 6.04 Å². The third kappa shape index (κ3) is 3.56. The lowest BCUT2D eigenvalue weighted by molar-refractivity contribution is -0.142. The van der Waals surface area contributed by atoms with Crippen LogP contribution in [0.1, 0.15) is 0 Å². The van der Waals surface area contributed by atoms with Gasteiger partial charge in [-0.1, -0.05) is 6.07 Å². The zero-order chi connectivity index (χ0) is 15.6. The first-order chi connectivity index (χ1) is 9.91. The van der Waals surface area contributed by atoms with Gasteiger partial charge in [-0.3, -0.25) is 4.79 Å². The van der Waals surface area contributed by atoms with Crippen molar-refractivity contribution in [2.24, 2.45) is 5.92 Å². The maximum Gasteiger partial charge on any atom is 0.322 e. The Morgan fingerprint density at radius 2 is 1.95 bits per heavy atom. The van der Waals surface area contributed by atoms with E-state index in [0.29, 0.717) is 5.69 Å². The van der Waals surface area contributed by atoms with Crippen LogP contribution in [-0.2, 0) is 9.53 Å². The van der Waals surface area contributed by atoms with Crippen LogP contribution in [0.15, 0.2) is 27.1 Å². The first-order valence-electron chi connectivity index (χ1n) is 6.20. The number of ether oxygens (including phenoxy) is 1. The van der Waals surface area contributed by atoms with E-state index in [1.54, 1.807) is 19.2 Å². The number of carboxylic acids is 1. The van der Waals surface area contributed by atoms with Gasteiger partial charge in [0, 0.05) is 16.0 Å². The molecule has 1 aliphatic rings. The van der Waals surface area contributed by atoms with Gasteiger partial charge >= 0.3 is 12.0 Å². The lowest BCUT2D eigenvalue weighted by atomic mass is 10.0. The maximum absolute atomic E-state index is 12.3. The first kappa shape index (κ1) is 16.3. The number of aliphatic carboxylic acids is 1. The lowest BCUT2D eigenvalue weighted by Crippen LogP contribution is -2.46. The molecule has 1 aliphatic heterocycles. The predicted octanol–water partition coefficient (Wildman–Crippen LogP) is 2.77. The monoisotopic (exact) mass is 420 g/mol. The molecule has 0 spiro atoms. The van der Waals surface area contributed by atoms with E-state index in [-0.39, 0.29) is 19.2 Å². The topological polar surface area (TPSA) is 78.9 Å². The summed E-state index contributed by atoms with van der Waals surface area (Å²) in [6.45, 7) is 0.342. The number of hydrogen-bond donors (Lipinski definition) is 2. The number of halogens is 2. The van der Waals surface area contributed by atoms with E-state index >= 15 is 0 Å². The Labute approximate surface area is 138 Å². The minimum atomic E-state index is -0.959. The van der Waals surface area contributed by atoms with E-state index < -0.39 is 17.9 Å². The quantitative estimate of drug-likeness (QED) is 0.786. The number of carboxylic acid groups (broad SMARTS) is 1. The van der Waals surface area contributed by atoms with Gasteiger partial charge in [-0.05, 0) is 44.0 Å². The van der Waals surface area contributed by atoms with Crippen LogP contribution < -0.4 is 5.32 Å². The van der Waals surface area contributed by atoms with Crippen LogP contribution in [-0.4, -0.2) is 48.3 Å². The fourth-order valence-corrected chi connectivity index (χ4v) is 3.32. The third-order valence-corrected chi connectivity index (χ3v) is 4.70. The molecule has 2 atom stereocenters. The van der Waals surface area contributed by atoms with E-state index in [9.17, 15) is 9.59 Å². The van der Waals surface area contributed by atoms with Crippen LogP contribution in [0.25, 0.3) is 0 Å². The molecular weight excluding hydrogens is 408 g/mol. The number of hydrogen-bond acceptors (Lipinski definition) is 3. The van der Waals surface area contributed by atoms with Crippen LogP contribution in [0.4, 0.5) is 10.5 Å². The summed E-state index contributed by atoms with van der Waals surface area (Å²) in [5.74, 6) is -1.66. The highest BCUT2D eigenvalue weighted by molar-refractivity contribution is 9.11. The third-order valence-electron chi connectivity index (χ3n) is 3.38. The molecule has 1 heterocycles. The summed E-state index contributed by atoms with van der Waals surface area (Å²) in [6, 6.07) is 4.57. The first-order valence-corrected chi connectivity index (χ1v) is 7.78. The highest BCUT2D eigenvalue weighted by atomic mass is 79.9. The van der Waals surface area contributed by atoms with Crippen molar-refractivity contribution < 1.29 is 19.4 Å². The highest BCUT2D eigenvalue weighted by Crippen LogP contribution is 2.31. The molecule has 2 amide bonds. The van der Waals surface area contributed by atoms with Crippen molar-refractivity contribution in [1.82, 2.24) is 4.90 Å². The molecular formula is C13H14Br2N2O4. The van der Waals surface area contributed by atoms with Gasteiger partial charge in [-0.15, -0.1) is 0 Å². The average Bonchev–Trinajstić information content (AvgIpc) is 2.91. The van der Waals surface area contributed by atoms with Crippen LogP contribution in [0, 0.1) is 5.92 Å². The normalized spacial score (nSPS) is 21.1. The standard InChI is InChI=1S/C13H14Br2N2O4/c1-17(10-6-21-5-7(10)12(18)19)13(20)16-11-8(14)3-2-4-9(11)15/h2-4,7,10H,5-6H2,1H3,(H,16,20)(H,18,19). The molecule has 114 valence electrons. The molecule has 2 rings (SSSR count). The number of rotatable bonds is 3. The van der Waals surface area contributed by atoms with Crippen molar-refractivity contribution >= 4 is 49.5 Å². The number of benzene rings is 1. The molecule has 1 fully saturated rings. The van der Waals surface area contributed by atoms with Crippen LogP contribution in [0.2, 0.25) is 0 Å². The molecule has 0 aliphatic carbocycles. The number of anilines is 1. The Hall–Kier alpha value is -1.12. The minimum absolute atomic E-state index is 0.121. The molecule has 0 bridgehead atoms. The Bertz CT molecular complexity index is 547. The van der Waals surface area contributed by atoms with Crippen molar-refractivity contribution in [1.29, 1.82) is 0 Å². The van der Waals surface area contributed by atoms with Gasteiger partial charge in [0.15, 0.2) is 0 Å². The number of nitrogens with zero attached hydrogens (tertiary/aromatic N) is 1. The summed E-state index contributed by atoms with van der Waals surface area (Å²) < 4.78 is 6.64. The summed E-state index contributed by atoms with van der Waals surface area (Å²) in [5.41, 5.74) is 0.597. The second kappa shape index (κ2) is 6.76. The summed E-state index contributed by atoms with van der Waals surface area (Å²) in [6.07, 6.45) is 0. The van der Waals surface area contributed by atoms with E-state index in [0.717, 1.165) is 8.95 Å². The molecule has 0 aromatic heterocycles. The van der Waals surface area contributed by atoms with E-state index in [1.165, 1.54) is 4.90 Å². The number of para-hydroxylation sites is 1. The smallest absolute Gasteiger partial charge is 0.322 e. The molecule has 6 nitrogen and oxygen atoms in total. The van der Waals surface area contributed by atoms with Crippen LogP contribution in [0.3, 0.4) is 0 Å². The number of likely N-dealkylation sites (N-methyl/N-ethyl adjacent to an activating group) is 1. The van der Waals surface area contributed by atoms with Gasteiger partial charge in [-0.2, -0.15) is 0 Å². The second-order valence-electron chi connectivity index (χ2n) is 4.69. The molecule has 2 unspecified atom stereocenters. The summed E-state index contributed by atoms with van der Waals surface area (Å²) in [5, 5.41) is 11.9. The number of carbonyl (C=O) groups is 2. The van der Waals surface area contributed by atoms with Crippen molar-refractivity contribution in [2.75, 3.05) is 25.6 Å². The fourth-order valence-electron chi connectivity index (χ4n) is 2.12. The average molecular weight is 422 g/mol. The summed E-state index contributed by atoms with van der Waals surface area (Å²) in [4.78, 5) is 24.8. The number of amides is 2. The minimum Gasteiger partial charge on any atom is -0.481 e. The molecule has 1 aromatic rings. The molecule has 8 heteroatoms. The van der Waals surface area contributed by atoms with E-state index in [4.69, 9.17) is 9.84 Å². The van der Waals surface area contributed by atoms with Crippen LogP contribution >= 0.6 is 31.9 Å². The Morgan fingerprint density at radius 1 is 1.33 bits per heavy atom. The van der Waals surface area contributed by atoms with Gasteiger partial charge < -0.3 is 20.1 Å². The number of nitrogens with one attached hydrogen (secondary N) is 1. The summed E-state index contributed by atoms with van der Waals surface area (Å²) >= 11 is 6.72. The van der Waals surface area contributed by atoms with Gasteiger partial charge in [0.05, 0.1) is 24.9 Å². The predicted molar refractivity (Wildman–Crippen MR) is 84.4 cm³/mol. The highest BCUT2D eigenvalue weighted by Gasteiger charge is 2.38. The van der Waals surface area contributed by atoms with Gasteiger partial charge in [0.2, 0.25) is 0 Å². The van der Waals surface area contributed by atoms with Crippen molar-refractivity contribution in [3.05, 3.63) is 27.1 Å². The number of urea groups is 1. The van der Waals surface area contributed by atoms with Crippen molar-refractivity contribution in [3.8, 4) is 0 Å². The van der Waals surface area contributed by atoms with Gasteiger partial charge in [0.1, 0.15) is 5.92 Å². The molecule has 1 aromatic carbocycles. The molecule has 0 saturated carbocycles.